The molecule has 1 aromatic heterocycles. The number of nitrogens with zero attached hydrogens (tertiary/aromatic N) is 1. The van der Waals surface area contributed by atoms with E-state index in [9.17, 15) is 4.79 Å². The fourth-order valence-corrected chi connectivity index (χ4v) is 2.89. The van der Waals surface area contributed by atoms with Crippen LogP contribution in [0.2, 0.25) is 0 Å². The van der Waals surface area contributed by atoms with Gasteiger partial charge in [-0.15, -0.1) is 0 Å². The van der Waals surface area contributed by atoms with Crippen LogP contribution in [0, 0.1) is 5.92 Å². The molecule has 1 heterocycles. The van der Waals surface area contributed by atoms with E-state index in [1.54, 1.807) is 0 Å². The van der Waals surface area contributed by atoms with Crippen LogP contribution < -0.4 is 5.32 Å². The number of aromatic nitrogens is 2. The summed E-state index contributed by atoms with van der Waals surface area (Å²) >= 11 is 3.46. The minimum absolute atomic E-state index is 0.114. The Bertz CT molecular complexity index is 440. The van der Waals surface area contributed by atoms with Crippen molar-refractivity contribution in [2.45, 2.75) is 65.8 Å². The second-order valence-corrected chi connectivity index (χ2v) is 6.95. The molecule has 0 aliphatic rings. The van der Waals surface area contributed by atoms with Crippen LogP contribution in [-0.2, 0) is 0 Å². The van der Waals surface area contributed by atoms with Crippen molar-refractivity contribution in [1.82, 2.24) is 15.5 Å². The monoisotopic (exact) mass is 343 g/mol. The lowest BCUT2D eigenvalue weighted by Crippen LogP contribution is -2.33. The van der Waals surface area contributed by atoms with Crippen LogP contribution in [0.1, 0.15) is 76.0 Å². The minimum Gasteiger partial charge on any atom is -0.348 e. The minimum atomic E-state index is -0.114. The number of H-pyrrole nitrogens is 1. The van der Waals surface area contributed by atoms with E-state index in [1.165, 1.54) is 6.42 Å². The van der Waals surface area contributed by atoms with Crippen LogP contribution >= 0.6 is 15.9 Å². The lowest BCUT2D eigenvalue weighted by atomic mass is 10.0. The Kier molecular flexibility index (Phi) is 6.72. The molecule has 1 aromatic rings. The molecule has 1 amide bonds. The first kappa shape index (κ1) is 17.2. The molecule has 0 saturated carbocycles. The first-order valence-corrected chi connectivity index (χ1v) is 8.16. The van der Waals surface area contributed by atoms with Crippen molar-refractivity contribution in [3.8, 4) is 0 Å². The molecule has 4 nitrogen and oxygen atoms in total. The van der Waals surface area contributed by atoms with Gasteiger partial charge in [0.15, 0.2) is 5.69 Å². The molecular weight excluding hydrogens is 318 g/mol. The second kappa shape index (κ2) is 7.81. The summed E-state index contributed by atoms with van der Waals surface area (Å²) in [6.45, 7) is 10.6. The Morgan fingerprint density at radius 2 is 1.90 bits per heavy atom. The predicted molar refractivity (Wildman–Crippen MR) is 86.0 cm³/mol. The molecule has 0 aromatic carbocycles. The molecule has 0 radical (unpaired) electrons. The summed E-state index contributed by atoms with van der Waals surface area (Å²) in [5.74, 6) is 0.908. The lowest BCUT2D eigenvalue weighted by Gasteiger charge is -2.13. The van der Waals surface area contributed by atoms with Crippen molar-refractivity contribution in [3.05, 3.63) is 15.9 Å². The highest BCUT2D eigenvalue weighted by Crippen LogP contribution is 2.25. The predicted octanol–water partition coefficient (Wildman–Crippen LogP) is 4.24. The van der Waals surface area contributed by atoms with Gasteiger partial charge in [0.25, 0.3) is 5.91 Å². The summed E-state index contributed by atoms with van der Waals surface area (Å²) in [4.78, 5) is 12.2. The van der Waals surface area contributed by atoms with Gasteiger partial charge in [0.2, 0.25) is 0 Å². The zero-order valence-electron chi connectivity index (χ0n) is 13.1. The van der Waals surface area contributed by atoms with E-state index in [-0.39, 0.29) is 11.9 Å². The summed E-state index contributed by atoms with van der Waals surface area (Å²) < 4.78 is 0.777. The Labute approximate surface area is 130 Å². The molecule has 0 spiro atoms. The van der Waals surface area contributed by atoms with Gasteiger partial charge in [-0.05, 0) is 41.1 Å². The Hall–Kier alpha value is -0.840. The van der Waals surface area contributed by atoms with Crippen molar-refractivity contribution >= 4 is 21.8 Å². The molecule has 0 aliphatic carbocycles. The zero-order chi connectivity index (χ0) is 15.3. The third kappa shape index (κ3) is 4.93. The van der Waals surface area contributed by atoms with Crippen molar-refractivity contribution in [1.29, 1.82) is 0 Å². The van der Waals surface area contributed by atoms with Gasteiger partial charge in [-0.3, -0.25) is 9.89 Å². The summed E-state index contributed by atoms with van der Waals surface area (Å²) in [6, 6.07) is 0.173. The van der Waals surface area contributed by atoms with E-state index in [2.05, 4.69) is 59.1 Å². The van der Waals surface area contributed by atoms with Gasteiger partial charge in [0, 0.05) is 6.04 Å². The molecule has 0 fully saturated rings. The number of hydrogen-bond acceptors (Lipinski definition) is 2. The second-order valence-electron chi connectivity index (χ2n) is 6.15. The van der Waals surface area contributed by atoms with Crippen LogP contribution in [0.25, 0.3) is 0 Å². The standard InChI is InChI=1S/C15H26BrN3O/c1-9(2)7-6-8-11(5)17-15(20)14-12(16)13(10(3)4)18-19-14/h9-11H,6-8H2,1-5H3,(H,17,20)(H,18,19). The molecule has 5 heteroatoms. The van der Waals surface area contributed by atoms with E-state index < -0.39 is 0 Å². The summed E-state index contributed by atoms with van der Waals surface area (Å²) in [5.41, 5.74) is 1.41. The molecule has 2 N–H and O–H groups in total. The summed E-state index contributed by atoms with van der Waals surface area (Å²) in [6.07, 6.45) is 3.34. The average Bonchev–Trinajstić information content (AvgIpc) is 2.70. The molecule has 1 rings (SSSR count). The van der Waals surface area contributed by atoms with Gasteiger partial charge in [0.1, 0.15) is 0 Å². The number of amides is 1. The van der Waals surface area contributed by atoms with Gasteiger partial charge in [-0.1, -0.05) is 40.5 Å². The SMILES string of the molecule is CC(C)CCCC(C)NC(=O)c1n[nH]c(C(C)C)c1Br. The number of carbonyl (C=O) groups is 1. The maximum atomic E-state index is 12.2. The Morgan fingerprint density at radius 1 is 1.25 bits per heavy atom. The number of nitrogens with one attached hydrogen (secondary N) is 2. The van der Waals surface area contributed by atoms with Crippen molar-refractivity contribution in [2.75, 3.05) is 0 Å². The largest absolute Gasteiger partial charge is 0.348 e. The molecule has 114 valence electrons. The molecule has 20 heavy (non-hydrogen) atoms. The van der Waals surface area contributed by atoms with Crippen LogP contribution in [0.4, 0.5) is 0 Å². The van der Waals surface area contributed by atoms with Crippen LogP contribution in [0.15, 0.2) is 4.47 Å². The van der Waals surface area contributed by atoms with Crippen molar-refractivity contribution in [3.63, 3.8) is 0 Å². The fraction of sp³-hybridized carbons (Fsp3) is 0.733. The fourth-order valence-electron chi connectivity index (χ4n) is 2.07. The first-order chi connectivity index (χ1) is 9.32. The van der Waals surface area contributed by atoms with Crippen LogP contribution in [-0.4, -0.2) is 22.1 Å². The summed E-state index contributed by atoms with van der Waals surface area (Å²) in [7, 11) is 0. The van der Waals surface area contributed by atoms with E-state index in [0.29, 0.717) is 17.5 Å². The highest BCUT2D eigenvalue weighted by atomic mass is 79.9. The number of carbonyl (C=O) groups excluding carboxylic acids is 1. The third-order valence-electron chi connectivity index (χ3n) is 3.32. The highest BCUT2D eigenvalue weighted by molar-refractivity contribution is 9.10. The third-order valence-corrected chi connectivity index (χ3v) is 4.12. The first-order valence-electron chi connectivity index (χ1n) is 7.37. The molecule has 0 aliphatic heterocycles. The highest BCUT2D eigenvalue weighted by Gasteiger charge is 2.20. The number of rotatable bonds is 7. The van der Waals surface area contributed by atoms with E-state index in [1.807, 2.05) is 6.92 Å². The quantitative estimate of drug-likeness (QED) is 0.777. The summed E-state index contributed by atoms with van der Waals surface area (Å²) in [5, 5.41) is 10.1. The zero-order valence-corrected chi connectivity index (χ0v) is 14.7. The topological polar surface area (TPSA) is 57.8 Å². The molecule has 0 saturated heterocycles. The van der Waals surface area contributed by atoms with E-state index in [0.717, 1.165) is 23.0 Å². The number of aromatic amines is 1. The molecule has 1 unspecified atom stereocenters. The van der Waals surface area contributed by atoms with Crippen LogP contribution in [0.3, 0.4) is 0 Å². The normalized spacial score (nSPS) is 13.0. The van der Waals surface area contributed by atoms with E-state index in [4.69, 9.17) is 0 Å². The average molecular weight is 344 g/mol. The number of hydrogen-bond donors (Lipinski definition) is 2. The van der Waals surface area contributed by atoms with Gasteiger partial charge >= 0.3 is 0 Å². The lowest BCUT2D eigenvalue weighted by molar-refractivity contribution is 0.0932. The van der Waals surface area contributed by atoms with Gasteiger partial charge < -0.3 is 5.32 Å². The Balaban J connectivity index is 2.54. The Morgan fingerprint density at radius 3 is 2.40 bits per heavy atom. The van der Waals surface area contributed by atoms with Gasteiger partial charge in [-0.2, -0.15) is 5.10 Å². The van der Waals surface area contributed by atoms with Crippen LogP contribution in [0.5, 0.6) is 0 Å². The van der Waals surface area contributed by atoms with Gasteiger partial charge in [0.05, 0.1) is 10.2 Å². The maximum absolute atomic E-state index is 12.2. The maximum Gasteiger partial charge on any atom is 0.273 e. The molecule has 1 atom stereocenters. The molecular formula is C15H26BrN3O. The molecule has 0 bridgehead atoms. The van der Waals surface area contributed by atoms with Gasteiger partial charge in [-0.25, -0.2) is 0 Å². The van der Waals surface area contributed by atoms with Crippen molar-refractivity contribution < 1.29 is 4.79 Å². The smallest absolute Gasteiger partial charge is 0.273 e. The van der Waals surface area contributed by atoms with E-state index >= 15 is 0 Å². The van der Waals surface area contributed by atoms with Crippen molar-refractivity contribution in [2.24, 2.45) is 5.92 Å². The number of halogens is 1.